The van der Waals surface area contributed by atoms with Crippen molar-refractivity contribution >= 4 is 15.9 Å². The maximum absolute atomic E-state index is 13.0. The van der Waals surface area contributed by atoms with Gasteiger partial charge in [0.2, 0.25) is 0 Å². The van der Waals surface area contributed by atoms with Crippen LogP contribution in [0.3, 0.4) is 0 Å². The molecule has 0 radical (unpaired) electrons. The van der Waals surface area contributed by atoms with E-state index in [1.807, 2.05) is 0 Å². The third-order valence-corrected chi connectivity index (χ3v) is 2.37. The first kappa shape index (κ1) is 10.6. The van der Waals surface area contributed by atoms with E-state index in [9.17, 15) is 9.50 Å². The molecule has 0 spiro atoms. The minimum atomic E-state index is -0.597. The van der Waals surface area contributed by atoms with E-state index in [2.05, 4.69) is 15.9 Å². The van der Waals surface area contributed by atoms with Gasteiger partial charge in [-0.2, -0.15) is 0 Å². The van der Waals surface area contributed by atoms with E-state index in [4.69, 9.17) is 5.73 Å². The van der Waals surface area contributed by atoms with Crippen molar-refractivity contribution in [1.29, 1.82) is 0 Å². The minimum absolute atomic E-state index is 0.192. The van der Waals surface area contributed by atoms with Crippen LogP contribution in [-0.2, 0) is 6.42 Å². The number of nitrogens with two attached hydrogens (primary N) is 1. The molecular weight excluding hydrogens is 237 g/mol. The Bertz CT molecular complexity index is 293. The van der Waals surface area contributed by atoms with Gasteiger partial charge in [0.1, 0.15) is 5.82 Å². The molecule has 1 rings (SSSR count). The molecular formula is C9H11BrFNO. The van der Waals surface area contributed by atoms with Crippen LogP contribution in [0.2, 0.25) is 0 Å². The minimum Gasteiger partial charge on any atom is -0.391 e. The lowest BCUT2D eigenvalue weighted by Gasteiger charge is -2.07. The highest BCUT2D eigenvalue weighted by Gasteiger charge is 2.05. The van der Waals surface area contributed by atoms with Crippen molar-refractivity contribution < 1.29 is 9.50 Å². The van der Waals surface area contributed by atoms with E-state index in [1.54, 1.807) is 12.1 Å². The van der Waals surface area contributed by atoms with Gasteiger partial charge in [0.15, 0.2) is 0 Å². The highest BCUT2D eigenvalue weighted by Crippen LogP contribution is 2.17. The Balaban J connectivity index is 2.73. The maximum atomic E-state index is 13.0. The van der Waals surface area contributed by atoms with Gasteiger partial charge in [-0.15, -0.1) is 0 Å². The Morgan fingerprint density at radius 1 is 1.54 bits per heavy atom. The fourth-order valence-electron chi connectivity index (χ4n) is 1.02. The summed E-state index contributed by atoms with van der Waals surface area (Å²) in [6.07, 6.45) is -0.207. The van der Waals surface area contributed by atoms with Crippen LogP contribution < -0.4 is 5.73 Å². The summed E-state index contributed by atoms with van der Waals surface area (Å²) >= 11 is 3.05. The van der Waals surface area contributed by atoms with E-state index in [-0.39, 0.29) is 12.4 Å². The summed E-state index contributed by atoms with van der Waals surface area (Å²) in [5.74, 6) is -0.318. The van der Waals surface area contributed by atoms with Crippen LogP contribution in [0.15, 0.2) is 22.7 Å². The van der Waals surface area contributed by atoms with Crippen LogP contribution in [0, 0.1) is 5.82 Å². The van der Waals surface area contributed by atoms with Crippen LogP contribution in [0.4, 0.5) is 4.39 Å². The number of halogens is 2. The monoisotopic (exact) mass is 247 g/mol. The predicted molar refractivity (Wildman–Crippen MR) is 52.9 cm³/mol. The topological polar surface area (TPSA) is 46.2 Å². The molecule has 1 atom stereocenters. The quantitative estimate of drug-likeness (QED) is 0.850. The van der Waals surface area contributed by atoms with Crippen LogP contribution in [0.25, 0.3) is 0 Å². The first-order valence-corrected chi connectivity index (χ1v) is 4.75. The number of benzene rings is 1. The molecule has 0 aromatic heterocycles. The van der Waals surface area contributed by atoms with Crippen LogP contribution in [0.5, 0.6) is 0 Å². The molecule has 72 valence electrons. The zero-order valence-corrected chi connectivity index (χ0v) is 8.59. The van der Waals surface area contributed by atoms with Gasteiger partial charge >= 0.3 is 0 Å². The Labute approximate surface area is 84.7 Å². The van der Waals surface area contributed by atoms with Crippen molar-refractivity contribution in [3.63, 3.8) is 0 Å². The molecule has 0 aliphatic rings. The van der Waals surface area contributed by atoms with Gasteiger partial charge < -0.3 is 10.8 Å². The van der Waals surface area contributed by atoms with E-state index in [0.717, 1.165) is 5.56 Å². The Kier molecular flexibility index (Phi) is 3.84. The number of aliphatic hydroxyl groups excluding tert-OH is 1. The lowest BCUT2D eigenvalue weighted by atomic mass is 10.1. The summed E-state index contributed by atoms with van der Waals surface area (Å²) in [5, 5.41) is 9.21. The summed E-state index contributed by atoms with van der Waals surface area (Å²) in [7, 11) is 0. The molecule has 0 heterocycles. The summed E-state index contributed by atoms with van der Waals surface area (Å²) in [6, 6.07) is 4.77. The van der Waals surface area contributed by atoms with Crippen molar-refractivity contribution in [3.05, 3.63) is 34.1 Å². The number of rotatable bonds is 3. The second kappa shape index (κ2) is 4.69. The van der Waals surface area contributed by atoms with E-state index >= 15 is 0 Å². The van der Waals surface area contributed by atoms with Gasteiger partial charge in [-0.1, -0.05) is 6.07 Å². The van der Waals surface area contributed by atoms with Gasteiger partial charge in [0, 0.05) is 6.54 Å². The van der Waals surface area contributed by atoms with Gasteiger partial charge in [-0.25, -0.2) is 4.39 Å². The van der Waals surface area contributed by atoms with E-state index in [1.165, 1.54) is 6.07 Å². The van der Waals surface area contributed by atoms with Crippen LogP contribution in [-0.4, -0.2) is 17.8 Å². The van der Waals surface area contributed by atoms with Gasteiger partial charge in [0.05, 0.1) is 10.6 Å². The largest absolute Gasteiger partial charge is 0.391 e. The third kappa shape index (κ3) is 3.06. The second-order valence-electron chi connectivity index (χ2n) is 2.84. The normalized spacial score (nSPS) is 12.9. The predicted octanol–water partition coefficient (Wildman–Crippen LogP) is 1.45. The lowest BCUT2D eigenvalue weighted by molar-refractivity contribution is 0.183. The first-order chi connectivity index (χ1) is 6.13. The molecule has 0 fully saturated rings. The van der Waals surface area contributed by atoms with Gasteiger partial charge in [0.25, 0.3) is 0 Å². The van der Waals surface area contributed by atoms with Gasteiger partial charge in [-0.3, -0.25) is 0 Å². The fourth-order valence-corrected chi connectivity index (χ4v) is 1.27. The Hall–Kier alpha value is -0.450. The molecule has 4 heteroatoms. The van der Waals surface area contributed by atoms with Crippen molar-refractivity contribution in [2.24, 2.45) is 5.73 Å². The van der Waals surface area contributed by atoms with Crippen molar-refractivity contribution in [3.8, 4) is 0 Å². The molecule has 2 nitrogen and oxygen atoms in total. The molecule has 0 saturated carbocycles. The molecule has 1 unspecified atom stereocenters. The molecule has 13 heavy (non-hydrogen) atoms. The van der Waals surface area contributed by atoms with Crippen molar-refractivity contribution in [2.45, 2.75) is 12.5 Å². The lowest BCUT2D eigenvalue weighted by Crippen LogP contribution is -2.21. The molecule has 0 amide bonds. The zero-order chi connectivity index (χ0) is 9.84. The Morgan fingerprint density at radius 3 is 2.77 bits per heavy atom. The standard InChI is InChI=1S/C9H11BrFNO/c10-8-2-1-6(4-9(8)11)3-7(13)5-12/h1-2,4,7,13H,3,5,12H2. The molecule has 0 aliphatic heterocycles. The average molecular weight is 248 g/mol. The molecule has 1 aromatic carbocycles. The summed E-state index contributed by atoms with van der Waals surface area (Å²) < 4.78 is 13.4. The number of aliphatic hydroxyl groups is 1. The van der Waals surface area contributed by atoms with Gasteiger partial charge in [-0.05, 0) is 40.0 Å². The number of hydrogen-bond donors (Lipinski definition) is 2. The first-order valence-electron chi connectivity index (χ1n) is 3.95. The van der Waals surface area contributed by atoms with E-state index < -0.39 is 6.10 Å². The highest BCUT2D eigenvalue weighted by molar-refractivity contribution is 9.10. The summed E-state index contributed by atoms with van der Waals surface area (Å²) in [6.45, 7) is 0.192. The SMILES string of the molecule is NCC(O)Cc1ccc(Br)c(F)c1. The fraction of sp³-hybridized carbons (Fsp3) is 0.333. The maximum Gasteiger partial charge on any atom is 0.137 e. The smallest absolute Gasteiger partial charge is 0.137 e. The molecule has 1 aromatic rings. The second-order valence-corrected chi connectivity index (χ2v) is 3.70. The van der Waals surface area contributed by atoms with Crippen LogP contribution >= 0.6 is 15.9 Å². The highest BCUT2D eigenvalue weighted by atomic mass is 79.9. The molecule has 0 saturated heterocycles. The van der Waals surface area contributed by atoms with E-state index in [0.29, 0.717) is 10.9 Å². The zero-order valence-electron chi connectivity index (χ0n) is 7.00. The number of hydrogen-bond acceptors (Lipinski definition) is 2. The molecule has 0 aliphatic carbocycles. The van der Waals surface area contributed by atoms with Crippen LogP contribution in [0.1, 0.15) is 5.56 Å². The third-order valence-electron chi connectivity index (χ3n) is 1.73. The Morgan fingerprint density at radius 2 is 2.23 bits per heavy atom. The van der Waals surface area contributed by atoms with Crippen molar-refractivity contribution in [1.82, 2.24) is 0 Å². The van der Waals surface area contributed by atoms with Crippen molar-refractivity contribution in [2.75, 3.05) is 6.54 Å². The molecule has 3 N–H and O–H groups in total. The average Bonchev–Trinajstić information content (AvgIpc) is 2.11. The molecule has 0 bridgehead atoms. The summed E-state index contributed by atoms with van der Waals surface area (Å²) in [4.78, 5) is 0. The summed E-state index contributed by atoms with van der Waals surface area (Å²) in [5.41, 5.74) is 5.98.